The lowest BCUT2D eigenvalue weighted by Crippen LogP contribution is -2.06. The highest BCUT2D eigenvalue weighted by atomic mass is 35.5. The van der Waals surface area contributed by atoms with Crippen molar-refractivity contribution in [1.29, 1.82) is 0 Å². The van der Waals surface area contributed by atoms with Crippen molar-refractivity contribution in [2.45, 2.75) is 19.0 Å². The largest absolute Gasteiger partial charge is 0.469 e. The van der Waals surface area contributed by atoms with Gasteiger partial charge >= 0.3 is 12.1 Å². The molecule has 0 amide bonds. The highest BCUT2D eigenvalue weighted by Crippen LogP contribution is 2.35. The molecule has 25 heavy (non-hydrogen) atoms. The summed E-state index contributed by atoms with van der Waals surface area (Å²) in [4.78, 5) is 15.8. The van der Waals surface area contributed by atoms with Gasteiger partial charge < -0.3 is 4.74 Å². The predicted molar refractivity (Wildman–Crippen MR) is 89.6 cm³/mol. The van der Waals surface area contributed by atoms with Gasteiger partial charge in [-0.1, -0.05) is 17.7 Å². The number of halogens is 4. The third kappa shape index (κ3) is 3.54. The minimum absolute atomic E-state index is 0.122. The van der Waals surface area contributed by atoms with E-state index in [-0.39, 0.29) is 12.4 Å². The maximum absolute atomic E-state index is 13.0. The Morgan fingerprint density at radius 1 is 1.12 bits per heavy atom. The number of carbonyl (C=O) groups excluding carboxylic acids is 1. The minimum Gasteiger partial charge on any atom is -0.469 e. The smallest absolute Gasteiger partial charge is 0.416 e. The van der Waals surface area contributed by atoms with E-state index in [9.17, 15) is 18.0 Å². The fourth-order valence-corrected chi connectivity index (χ4v) is 2.91. The molecule has 0 saturated heterocycles. The molecule has 0 bridgehead atoms. The molecule has 3 nitrogen and oxygen atoms in total. The number of methoxy groups -OCH3 is 1. The van der Waals surface area contributed by atoms with E-state index in [1.807, 2.05) is 0 Å². The number of aromatic nitrogens is 1. The van der Waals surface area contributed by atoms with Gasteiger partial charge in [-0.25, -0.2) is 0 Å². The molecule has 1 aromatic heterocycles. The first-order valence-electron chi connectivity index (χ1n) is 7.45. The highest BCUT2D eigenvalue weighted by molar-refractivity contribution is 6.31. The molecule has 0 saturated carbocycles. The summed E-state index contributed by atoms with van der Waals surface area (Å²) in [7, 11) is 1.30. The molecular formula is C18H13ClF3NO2. The number of rotatable bonds is 3. The maximum Gasteiger partial charge on any atom is 0.416 e. The van der Waals surface area contributed by atoms with Gasteiger partial charge in [0.1, 0.15) is 0 Å². The van der Waals surface area contributed by atoms with Crippen LogP contribution >= 0.6 is 11.6 Å². The summed E-state index contributed by atoms with van der Waals surface area (Å²) in [5.41, 5.74) is 0.290. The van der Waals surface area contributed by atoms with E-state index in [1.165, 1.54) is 13.2 Å². The Morgan fingerprint density at radius 3 is 2.56 bits per heavy atom. The molecule has 0 unspecified atom stereocenters. The van der Waals surface area contributed by atoms with Gasteiger partial charge in [0.2, 0.25) is 0 Å². The first kappa shape index (κ1) is 17.5. The molecule has 2 aromatic carbocycles. The standard InChI is InChI=1S/C18H13ClF3NO2/c1-25-17(24)7-6-16-14-9-11(19)3-4-12(14)13-8-10(18(20,21)22)2-5-15(13)23-16/h2-5,8-9H,6-7H2,1H3. The molecule has 0 aliphatic heterocycles. The Labute approximate surface area is 146 Å². The Kier molecular flexibility index (Phi) is 4.56. The summed E-state index contributed by atoms with van der Waals surface area (Å²) >= 11 is 6.04. The normalized spacial score (nSPS) is 11.9. The number of carbonyl (C=O) groups is 1. The van der Waals surface area contributed by atoms with Crippen LogP contribution in [-0.4, -0.2) is 18.1 Å². The van der Waals surface area contributed by atoms with Crippen LogP contribution in [0.5, 0.6) is 0 Å². The number of esters is 1. The summed E-state index contributed by atoms with van der Waals surface area (Å²) in [6.45, 7) is 0. The van der Waals surface area contributed by atoms with E-state index in [1.54, 1.807) is 18.2 Å². The van der Waals surface area contributed by atoms with Crippen LogP contribution in [0.15, 0.2) is 36.4 Å². The number of hydrogen-bond acceptors (Lipinski definition) is 3. The molecule has 130 valence electrons. The topological polar surface area (TPSA) is 39.2 Å². The summed E-state index contributed by atoms with van der Waals surface area (Å²) in [5, 5.41) is 2.08. The van der Waals surface area contributed by atoms with Crippen molar-refractivity contribution in [1.82, 2.24) is 4.98 Å². The number of nitrogens with zero attached hydrogens (tertiary/aromatic N) is 1. The van der Waals surface area contributed by atoms with Gasteiger partial charge in [0.05, 0.1) is 24.6 Å². The molecule has 3 aromatic rings. The first-order chi connectivity index (χ1) is 11.8. The Balaban J connectivity index is 2.23. The summed E-state index contributed by atoms with van der Waals surface area (Å²) in [5.74, 6) is -0.385. The Morgan fingerprint density at radius 2 is 1.88 bits per heavy atom. The quantitative estimate of drug-likeness (QED) is 0.474. The highest BCUT2D eigenvalue weighted by Gasteiger charge is 2.30. The number of ether oxygens (including phenoxy) is 1. The van der Waals surface area contributed by atoms with Crippen LogP contribution in [0.3, 0.4) is 0 Å². The molecule has 0 fully saturated rings. The molecule has 0 N–H and O–H groups in total. The van der Waals surface area contributed by atoms with Gasteiger partial charge in [-0.05, 0) is 35.7 Å². The number of pyridine rings is 1. The lowest BCUT2D eigenvalue weighted by atomic mass is 10.00. The van der Waals surface area contributed by atoms with Crippen molar-refractivity contribution in [2.24, 2.45) is 0 Å². The summed E-state index contributed by atoms with van der Waals surface area (Å²) in [6.07, 6.45) is -4.01. The van der Waals surface area contributed by atoms with E-state index in [0.29, 0.717) is 38.8 Å². The van der Waals surface area contributed by atoms with Gasteiger partial charge in [-0.2, -0.15) is 13.2 Å². The summed E-state index contributed by atoms with van der Waals surface area (Å²) in [6, 6.07) is 8.37. The molecule has 0 aliphatic carbocycles. The van der Waals surface area contributed by atoms with Crippen molar-refractivity contribution in [3.8, 4) is 0 Å². The zero-order valence-corrected chi connectivity index (χ0v) is 13.9. The average Bonchev–Trinajstić information content (AvgIpc) is 2.57. The molecule has 0 atom stereocenters. The molecule has 1 heterocycles. The van der Waals surface area contributed by atoms with Crippen LogP contribution in [0, 0.1) is 0 Å². The van der Waals surface area contributed by atoms with E-state index in [4.69, 9.17) is 11.6 Å². The molecule has 0 spiro atoms. The van der Waals surface area contributed by atoms with Crippen LogP contribution in [-0.2, 0) is 22.1 Å². The van der Waals surface area contributed by atoms with E-state index < -0.39 is 11.7 Å². The Hall–Kier alpha value is -2.34. The number of alkyl halides is 3. The predicted octanol–water partition coefficient (Wildman–Crippen LogP) is 5.17. The lowest BCUT2D eigenvalue weighted by molar-refractivity contribution is -0.140. The monoisotopic (exact) mass is 367 g/mol. The van der Waals surface area contributed by atoms with Gasteiger partial charge in [0, 0.05) is 27.9 Å². The van der Waals surface area contributed by atoms with Crippen LogP contribution in [0.2, 0.25) is 5.02 Å². The van der Waals surface area contributed by atoms with Gasteiger partial charge in [0.25, 0.3) is 0 Å². The van der Waals surface area contributed by atoms with Crippen LogP contribution in [0.1, 0.15) is 17.7 Å². The molecular weight excluding hydrogens is 355 g/mol. The molecule has 3 rings (SSSR count). The fraction of sp³-hybridized carbons (Fsp3) is 0.222. The molecule has 0 aliphatic rings. The van der Waals surface area contributed by atoms with Gasteiger partial charge in [-0.3, -0.25) is 9.78 Å². The van der Waals surface area contributed by atoms with Crippen molar-refractivity contribution >= 4 is 39.2 Å². The number of hydrogen-bond donors (Lipinski definition) is 0. The van der Waals surface area contributed by atoms with E-state index >= 15 is 0 Å². The second-order valence-electron chi connectivity index (χ2n) is 5.55. The van der Waals surface area contributed by atoms with Crippen molar-refractivity contribution < 1.29 is 22.7 Å². The van der Waals surface area contributed by atoms with Crippen LogP contribution < -0.4 is 0 Å². The Bertz CT molecular complexity index is 970. The zero-order valence-electron chi connectivity index (χ0n) is 13.2. The van der Waals surface area contributed by atoms with Crippen molar-refractivity contribution in [3.05, 3.63) is 52.7 Å². The van der Waals surface area contributed by atoms with Gasteiger partial charge in [-0.15, -0.1) is 0 Å². The minimum atomic E-state index is -4.43. The second-order valence-corrected chi connectivity index (χ2v) is 5.99. The maximum atomic E-state index is 13.0. The summed E-state index contributed by atoms with van der Waals surface area (Å²) < 4.78 is 43.7. The third-order valence-corrected chi connectivity index (χ3v) is 4.19. The average molecular weight is 368 g/mol. The van der Waals surface area contributed by atoms with Crippen molar-refractivity contribution in [3.63, 3.8) is 0 Å². The third-order valence-electron chi connectivity index (χ3n) is 3.96. The SMILES string of the molecule is COC(=O)CCc1nc2ccc(C(F)(F)F)cc2c2ccc(Cl)cc12. The van der Waals surface area contributed by atoms with Crippen LogP contribution in [0.4, 0.5) is 13.2 Å². The number of benzene rings is 2. The fourth-order valence-electron chi connectivity index (χ4n) is 2.73. The molecule has 7 heteroatoms. The van der Waals surface area contributed by atoms with E-state index in [2.05, 4.69) is 9.72 Å². The van der Waals surface area contributed by atoms with Crippen molar-refractivity contribution in [2.75, 3.05) is 7.11 Å². The van der Waals surface area contributed by atoms with Gasteiger partial charge in [0.15, 0.2) is 0 Å². The van der Waals surface area contributed by atoms with Crippen LogP contribution in [0.25, 0.3) is 21.7 Å². The first-order valence-corrected chi connectivity index (χ1v) is 7.83. The number of aryl methyl sites for hydroxylation is 1. The number of fused-ring (bicyclic) bond motifs is 3. The van der Waals surface area contributed by atoms with E-state index in [0.717, 1.165) is 12.1 Å². The second kappa shape index (κ2) is 6.52. The zero-order chi connectivity index (χ0) is 18.2. The molecule has 0 radical (unpaired) electrons. The lowest BCUT2D eigenvalue weighted by Gasteiger charge is -2.12.